The highest BCUT2D eigenvalue weighted by Gasteiger charge is 2.20. The maximum absolute atomic E-state index is 12.2. The molecular weight excluding hydrogens is 332 g/mol. The van der Waals surface area contributed by atoms with Gasteiger partial charge in [0.1, 0.15) is 5.75 Å². The summed E-state index contributed by atoms with van der Waals surface area (Å²) in [7, 11) is 1.66. The van der Waals surface area contributed by atoms with Crippen LogP contribution in [0.5, 0.6) is 5.75 Å². The molecule has 0 aliphatic carbocycles. The van der Waals surface area contributed by atoms with Crippen molar-refractivity contribution in [3.05, 3.63) is 29.8 Å². The summed E-state index contributed by atoms with van der Waals surface area (Å²) >= 11 is 3.46. The van der Waals surface area contributed by atoms with Crippen molar-refractivity contribution in [3.8, 4) is 5.75 Å². The summed E-state index contributed by atoms with van der Waals surface area (Å²) in [6.45, 7) is 4.75. The number of halogens is 1. The van der Waals surface area contributed by atoms with Gasteiger partial charge in [-0.25, -0.2) is 0 Å². The minimum atomic E-state index is 0.268. The number of hydrogen-bond acceptors (Lipinski definition) is 3. The van der Waals surface area contributed by atoms with Gasteiger partial charge < -0.3 is 9.64 Å². The molecule has 116 valence electrons. The smallest absolute Gasteiger partial charge is 0.222 e. The summed E-state index contributed by atoms with van der Waals surface area (Å²) in [5, 5.41) is 0.998. The maximum Gasteiger partial charge on any atom is 0.222 e. The average Bonchev–Trinajstić information content (AvgIpc) is 2.54. The largest absolute Gasteiger partial charge is 0.497 e. The third-order valence-electron chi connectivity index (χ3n) is 3.91. The molecule has 5 heteroatoms. The predicted octanol–water partition coefficient (Wildman–Crippen LogP) is 2.17. The first-order valence-corrected chi connectivity index (χ1v) is 8.54. The lowest BCUT2D eigenvalue weighted by atomic mass is 10.1. The van der Waals surface area contributed by atoms with Crippen LogP contribution in [-0.4, -0.2) is 60.9 Å². The Balaban J connectivity index is 1.74. The zero-order valence-electron chi connectivity index (χ0n) is 12.6. The molecule has 0 radical (unpaired) electrons. The summed E-state index contributed by atoms with van der Waals surface area (Å²) in [5.74, 6) is 1.12. The van der Waals surface area contributed by atoms with Crippen LogP contribution in [0.25, 0.3) is 0 Å². The van der Waals surface area contributed by atoms with Gasteiger partial charge in [0.05, 0.1) is 7.11 Å². The molecule has 21 heavy (non-hydrogen) atoms. The van der Waals surface area contributed by atoms with Crippen molar-refractivity contribution in [2.24, 2.45) is 0 Å². The molecule has 0 unspecified atom stereocenters. The number of nitrogens with zero attached hydrogens (tertiary/aromatic N) is 2. The van der Waals surface area contributed by atoms with E-state index in [-0.39, 0.29) is 5.91 Å². The molecule has 1 heterocycles. The molecular formula is C16H23BrN2O2. The fraction of sp³-hybridized carbons (Fsp3) is 0.562. The van der Waals surface area contributed by atoms with Crippen molar-refractivity contribution in [1.29, 1.82) is 0 Å². The first-order chi connectivity index (χ1) is 10.2. The Labute approximate surface area is 135 Å². The number of alkyl halides is 1. The van der Waals surface area contributed by atoms with Gasteiger partial charge in [-0.1, -0.05) is 28.1 Å². The van der Waals surface area contributed by atoms with E-state index in [1.54, 1.807) is 7.11 Å². The minimum absolute atomic E-state index is 0.268. The van der Waals surface area contributed by atoms with Crippen molar-refractivity contribution in [3.63, 3.8) is 0 Å². The van der Waals surface area contributed by atoms with Gasteiger partial charge in [-0.15, -0.1) is 0 Å². The fourth-order valence-electron chi connectivity index (χ4n) is 2.54. The molecule has 4 nitrogen and oxygen atoms in total. The molecule has 1 amide bonds. The number of piperazine rings is 1. The molecule has 1 aliphatic rings. The number of aryl methyl sites for hydroxylation is 1. The van der Waals surface area contributed by atoms with E-state index in [0.29, 0.717) is 6.42 Å². The molecule has 0 N–H and O–H groups in total. The van der Waals surface area contributed by atoms with E-state index in [1.807, 2.05) is 29.2 Å². The Hall–Kier alpha value is -1.07. The van der Waals surface area contributed by atoms with Crippen LogP contribution in [0.4, 0.5) is 0 Å². The van der Waals surface area contributed by atoms with Crippen LogP contribution in [0.3, 0.4) is 0 Å². The van der Waals surface area contributed by atoms with Gasteiger partial charge in [0.25, 0.3) is 0 Å². The Morgan fingerprint density at radius 3 is 2.43 bits per heavy atom. The van der Waals surface area contributed by atoms with Gasteiger partial charge in [-0.2, -0.15) is 0 Å². The lowest BCUT2D eigenvalue weighted by molar-refractivity contribution is -0.132. The Morgan fingerprint density at radius 1 is 1.19 bits per heavy atom. The zero-order valence-corrected chi connectivity index (χ0v) is 14.1. The minimum Gasteiger partial charge on any atom is -0.497 e. The van der Waals surface area contributed by atoms with E-state index in [4.69, 9.17) is 4.74 Å². The zero-order chi connectivity index (χ0) is 15.1. The third-order valence-corrected chi connectivity index (χ3v) is 4.27. The van der Waals surface area contributed by atoms with Crippen LogP contribution in [0.2, 0.25) is 0 Å². The van der Waals surface area contributed by atoms with Crippen molar-refractivity contribution in [2.45, 2.75) is 12.8 Å². The van der Waals surface area contributed by atoms with Crippen LogP contribution in [0.1, 0.15) is 12.0 Å². The number of amides is 1. The topological polar surface area (TPSA) is 32.8 Å². The Kier molecular flexibility index (Phi) is 6.51. The second-order valence-corrected chi connectivity index (χ2v) is 6.05. The number of carbonyl (C=O) groups is 1. The monoisotopic (exact) mass is 354 g/mol. The number of hydrogen-bond donors (Lipinski definition) is 0. The number of ether oxygens (including phenoxy) is 1. The van der Waals surface area contributed by atoms with Gasteiger partial charge in [0.15, 0.2) is 0 Å². The van der Waals surface area contributed by atoms with Crippen molar-refractivity contribution >= 4 is 21.8 Å². The number of benzene rings is 1. The highest BCUT2D eigenvalue weighted by Crippen LogP contribution is 2.13. The van der Waals surface area contributed by atoms with E-state index >= 15 is 0 Å². The summed E-state index contributed by atoms with van der Waals surface area (Å²) in [6.07, 6.45) is 1.38. The molecule has 0 saturated carbocycles. The molecule has 1 aliphatic heterocycles. The second kappa shape index (κ2) is 8.39. The first kappa shape index (κ1) is 16.3. The highest BCUT2D eigenvalue weighted by molar-refractivity contribution is 9.09. The second-order valence-electron chi connectivity index (χ2n) is 5.26. The van der Waals surface area contributed by atoms with E-state index in [0.717, 1.165) is 50.2 Å². The van der Waals surface area contributed by atoms with Crippen molar-refractivity contribution < 1.29 is 9.53 Å². The fourth-order valence-corrected chi connectivity index (χ4v) is 3.04. The van der Waals surface area contributed by atoms with Gasteiger partial charge in [-0.3, -0.25) is 9.69 Å². The standard InChI is InChI=1S/C16H23BrN2O2/c1-21-15-5-2-14(3-6-15)4-7-16(20)19-12-10-18(9-8-17)11-13-19/h2-3,5-6H,4,7-13H2,1H3. The van der Waals surface area contributed by atoms with E-state index in [1.165, 1.54) is 5.56 Å². The van der Waals surface area contributed by atoms with Crippen molar-refractivity contribution in [1.82, 2.24) is 9.80 Å². The van der Waals surface area contributed by atoms with Crippen LogP contribution in [-0.2, 0) is 11.2 Å². The van der Waals surface area contributed by atoms with Crippen LogP contribution < -0.4 is 4.74 Å². The van der Waals surface area contributed by atoms with Crippen molar-refractivity contribution in [2.75, 3.05) is 45.2 Å². The molecule has 1 aromatic carbocycles. The van der Waals surface area contributed by atoms with Gasteiger partial charge in [0.2, 0.25) is 5.91 Å². The van der Waals surface area contributed by atoms with E-state index in [2.05, 4.69) is 20.8 Å². The SMILES string of the molecule is COc1ccc(CCC(=O)N2CCN(CCBr)CC2)cc1. The Morgan fingerprint density at radius 2 is 1.86 bits per heavy atom. The Bertz CT molecular complexity index is 442. The van der Waals surface area contributed by atoms with E-state index < -0.39 is 0 Å². The molecule has 1 aromatic rings. The van der Waals surface area contributed by atoms with Crippen LogP contribution in [0, 0.1) is 0 Å². The van der Waals surface area contributed by atoms with Gasteiger partial charge in [0, 0.05) is 44.5 Å². The predicted molar refractivity (Wildman–Crippen MR) is 88.1 cm³/mol. The number of carbonyl (C=O) groups excluding carboxylic acids is 1. The van der Waals surface area contributed by atoms with Crippen LogP contribution in [0.15, 0.2) is 24.3 Å². The molecule has 1 saturated heterocycles. The summed E-state index contributed by atoms with van der Waals surface area (Å²) in [6, 6.07) is 7.94. The maximum atomic E-state index is 12.2. The summed E-state index contributed by atoms with van der Waals surface area (Å²) in [4.78, 5) is 16.6. The highest BCUT2D eigenvalue weighted by atomic mass is 79.9. The first-order valence-electron chi connectivity index (χ1n) is 7.42. The molecule has 0 spiro atoms. The normalized spacial score (nSPS) is 16.0. The molecule has 0 aromatic heterocycles. The van der Waals surface area contributed by atoms with E-state index in [9.17, 15) is 4.79 Å². The quantitative estimate of drug-likeness (QED) is 0.734. The molecule has 2 rings (SSSR count). The van der Waals surface area contributed by atoms with Gasteiger partial charge >= 0.3 is 0 Å². The van der Waals surface area contributed by atoms with Crippen LogP contribution >= 0.6 is 15.9 Å². The lowest BCUT2D eigenvalue weighted by Gasteiger charge is -2.34. The summed E-state index contributed by atoms with van der Waals surface area (Å²) in [5.41, 5.74) is 1.18. The average molecular weight is 355 g/mol. The molecule has 0 bridgehead atoms. The molecule has 0 atom stereocenters. The number of methoxy groups -OCH3 is 1. The third kappa shape index (κ3) is 5.00. The summed E-state index contributed by atoms with van der Waals surface area (Å²) < 4.78 is 5.14. The van der Waals surface area contributed by atoms with Gasteiger partial charge in [-0.05, 0) is 24.1 Å². The lowest BCUT2D eigenvalue weighted by Crippen LogP contribution is -2.49. The molecule has 1 fully saturated rings. The number of rotatable bonds is 6.